The van der Waals surface area contributed by atoms with Gasteiger partial charge in [-0.2, -0.15) is 5.10 Å². The van der Waals surface area contributed by atoms with Gasteiger partial charge in [0.05, 0.1) is 19.1 Å². The molecule has 0 radical (unpaired) electrons. The minimum Gasteiger partial charge on any atom is -0.497 e. The maximum atomic E-state index is 12.7. The SMILES string of the molecule is COc1ccc(CCOC(=O)c2nn(CC(C)C)c(=O)c3ccccc23)cc1. The molecule has 3 rings (SSSR count). The number of benzene rings is 2. The molecule has 0 unspecified atom stereocenters. The second-order valence-corrected chi connectivity index (χ2v) is 7.01. The largest absolute Gasteiger partial charge is 0.497 e. The summed E-state index contributed by atoms with van der Waals surface area (Å²) in [7, 11) is 1.62. The molecule has 0 bridgehead atoms. The molecule has 0 aliphatic carbocycles. The molecular formula is C22H24N2O4. The number of hydrogen-bond donors (Lipinski definition) is 0. The summed E-state index contributed by atoms with van der Waals surface area (Å²) in [5, 5.41) is 5.29. The molecule has 146 valence electrons. The topological polar surface area (TPSA) is 70.4 Å². The highest BCUT2D eigenvalue weighted by molar-refractivity contribution is 6.02. The summed E-state index contributed by atoms with van der Waals surface area (Å²) in [6.07, 6.45) is 0.583. The zero-order valence-electron chi connectivity index (χ0n) is 16.3. The van der Waals surface area contributed by atoms with Crippen molar-refractivity contribution in [2.45, 2.75) is 26.8 Å². The van der Waals surface area contributed by atoms with E-state index >= 15 is 0 Å². The minimum atomic E-state index is -0.526. The van der Waals surface area contributed by atoms with Gasteiger partial charge in [0, 0.05) is 18.4 Å². The number of carbonyl (C=O) groups is 1. The standard InChI is InChI=1S/C22H24N2O4/c1-15(2)14-24-21(25)19-7-5-4-6-18(19)20(23-24)22(26)28-13-12-16-8-10-17(27-3)11-9-16/h4-11,15H,12-14H2,1-3H3. The van der Waals surface area contributed by atoms with Gasteiger partial charge in [0.25, 0.3) is 5.56 Å². The van der Waals surface area contributed by atoms with Crippen molar-refractivity contribution in [1.82, 2.24) is 9.78 Å². The summed E-state index contributed by atoms with van der Waals surface area (Å²) in [6.45, 7) is 4.66. The van der Waals surface area contributed by atoms with Gasteiger partial charge < -0.3 is 9.47 Å². The molecule has 0 atom stereocenters. The number of nitrogens with zero attached hydrogens (tertiary/aromatic N) is 2. The Morgan fingerprint density at radius 1 is 1.07 bits per heavy atom. The van der Waals surface area contributed by atoms with Crippen LogP contribution in [0.15, 0.2) is 53.3 Å². The molecule has 6 nitrogen and oxygen atoms in total. The normalized spacial score (nSPS) is 11.0. The van der Waals surface area contributed by atoms with Gasteiger partial charge in [-0.1, -0.05) is 44.2 Å². The van der Waals surface area contributed by atoms with Crippen LogP contribution in [0.5, 0.6) is 5.75 Å². The molecule has 0 amide bonds. The van der Waals surface area contributed by atoms with Gasteiger partial charge in [0.15, 0.2) is 5.69 Å². The Bertz CT molecular complexity index is 1020. The summed E-state index contributed by atoms with van der Waals surface area (Å²) >= 11 is 0. The molecule has 0 saturated carbocycles. The van der Waals surface area contributed by atoms with Crippen LogP contribution < -0.4 is 10.3 Å². The molecule has 0 N–H and O–H groups in total. The van der Waals surface area contributed by atoms with Crippen LogP contribution in [-0.4, -0.2) is 29.5 Å². The van der Waals surface area contributed by atoms with E-state index in [1.807, 2.05) is 38.1 Å². The molecule has 28 heavy (non-hydrogen) atoms. The van der Waals surface area contributed by atoms with Gasteiger partial charge in [-0.3, -0.25) is 4.79 Å². The van der Waals surface area contributed by atoms with Gasteiger partial charge in [0.2, 0.25) is 0 Å². The lowest BCUT2D eigenvalue weighted by atomic mass is 10.1. The third-order valence-corrected chi connectivity index (χ3v) is 4.38. The molecular weight excluding hydrogens is 356 g/mol. The molecule has 1 heterocycles. The van der Waals surface area contributed by atoms with Crippen LogP contribution in [0.4, 0.5) is 0 Å². The van der Waals surface area contributed by atoms with Crippen molar-refractivity contribution < 1.29 is 14.3 Å². The highest BCUT2D eigenvalue weighted by Gasteiger charge is 2.18. The van der Waals surface area contributed by atoms with E-state index in [2.05, 4.69) is 5.10 Å². The van der Waals surface area contributed by atoms with Crippen molar-refractivity contribution >= 4 is 16.7 Å². The molecule has 1 aromatic heterocycles. The van der Waals surface area contributed by atoms with E-state index in [9.17, 15) is 9.59 Å². The van der Waals surface area contributed by atoms with E-state index in [-0.39, 0.29) is 23.8 Å². The molecule has 2 aromatic carbocycles. The summed E-state index contributed by atoms with van der Waals surface area (Å²) in [5.41, 5.74) is 1.01. The third kappa shape index (κ3) is 4.39. The van der Waals surface area contributed by atoms with E-state index in [4.69, 9.17) is 9.47 Å². The van der Waals surface area contributed by atoms with Gasteiger partial charge in [-0.15, -0.1) is 0 Å². The zero-order chi connectivity index (χ0) is 20.1. The summed E-state index contributed by atoms with van der Waals surface area (Å²) < 4.78 is 11.9. The summed E-state index contributed by atoms with van der Waals surface area (Å²) in [6, 6.07) is 14.6. The van der Waals surface area contributed by atoms with Crippen LogP contribution >= 0.6 is 0 Å². The molecule has 6 heteroatoms. The van der Waals surface area contributed by atoms with Gasteiger partial charge in [-0.25, -0.2) is 9.48 Å². The maximum absolute atomic E-state index is 12.7. The van der Waals surface area contributed by atoms with Crippen molar-refractivity contribution in [1.29, 1.82) is 0 Å². The van der Waals surface area contributed by atoms with Crippen molar-refractivity contribution in [3.8, 4) is 5.75 Å². The lowest BCUT2D eigenvalue weighted by Gasteiger charge is -2.12. The Balaban J connectivity index is 1.80. The molecule has 0 aliphatic rings. The van der Waals surface area contributed by atoms with Crippen molar-refractivity contribution in [3.05, 3.63) is 70.1 Å². The Morgan fingerprint density at radius 2 is 1.75 bits per heavy atom. The number of ether oxygens (including phenoxy) is 2. The molecule has 3 aromatic rings. The second-order valence-electron chi connectivity index (χ2n) is 7.01. The van der Waals surface area contributed by atoms with Gasteiger partial charge >= 0.3 is 5.97 Å². The molecule has 0 saturated heterocycles. The number of methoxy groups -OCH3 is 1. The molecule has 0 aliphatic heterocycles. The van der Waals surface area contributed by atoms with Crippen molar-refractivity contribution in [2.75, 3.05) is 13.7 Å². The summed E-state index contributed by atoms with van der Waals surface area (Å²) in [4.78, 5) is 25.3. The minimum absolute atomic E-state index is 0.172. The smallest absolute Gasteiger partial charge is 0.359 e. The van der Waals surface area contributed by atoms with Crippen molar-refractivity contribution in [2.24, 2.45) is 5.92 Å². The molecule has 0 fully saturated rings. The monoisotopic (exact) mass is 380 g/mol. The Labute approximate surface area is 163 Å². The number of rotatable bonds is 7. The Kier molecular flexibility index (Phi) is 6.09. The third-order valence-electron chi connectivity index (χ3n) is 4.38. The van der Waals surface area contributed by atoms with E-state index in [0.717, 1.165) is 11.3 Å². The van der Waals surface area contributed by atoms with E-state index in [1.54, 1.807) is 31.4 Å². The number of hydrogen-bond acceptors (Lipinski definition) is 5. The zero-order valence-corrected chi connectivity index (χ0v) is 16.3. The van der Waals surface area contributed by atoms with Crippen LogP contribution in [0.1, 0.15) is 29.9 Å². The Hall–Kier alpha value is -3.15. The molecule has 0 spiro atoms. The lowest BCUT2D eigenvalue weighted by molar-refractivity contribution is 0.0501. The lowest BCUT2D eigenvalue weighted by Crippen LogP contribution is -2.28. The van der Waals surface area contributed by atoms with Gasteiger partial charge in [0.1, 0.15) is 5.75 Å². The fourth-order valence-electron chi connectivity index (χ4n) is 2.98. The van der Waals surface area contributed by atoms with Crippen LogP contribution in [0.3, 0.4) is 0 Å². The fraction of sp³-hybridized carbons (Fsp3) is 0.318. The van der Waals surface area contributed by atoms with E-state index in [0.29, 0.717) is 23.7 Å². The number of fused-ring (bicyclic) bond motifs is 1. The van der Waals surface area contributed by atoms with E-state index < -0.39 is 5.97 Å². The van der Waals surface area contributed by atoms with Crippen LogP contribution in [0, 0.1) is 5.92 Å². The first-order valence-electron chi connectivity index (χ1n) is 9.29. The number of aromatic nitrogens is 2. The fourth-order valence-corrected chi connectivity index (χ4v) is 2.98. The quantitative estimate of drug-likeness (QED) is 0.587. The number of carbonyl (C=O) groups excluding carboxylic acids is 1. The highest BCUT2D eigenvalue weighted by atomic mass is 16.5. The Morgan fingerprint density at radius 3 is 2.39 bits per heavy atom. The predicted octanol–water partition coefficient (Wildman–Crippen LogP) is 3.46. The average molecular weight is 380 g/mol. The maximum Gasteiger partial charge on any atom is 0.359 e. The van der Waals surface area contributed by atoms with Gasteiger partial charge in [-0.05, 0) is 29.7 Å². The van der Waals surface area contributed by atoms with Crippen LogP contribution in [0.2, 0.25) is 0 Å². The predicted molar refractivity (Wildman–Crippen MR) is 108 cm³/mol. The average Bonchev–Trinajstić information content (AvgIpc) is 2.70. The van der Waals surface area contributed by atoms with E-state index in [1.165, 1.54) is 4.68 Å². The number of esters is 1. The first kappa shape index (κ1) is 19.6. The van der Waals surface area contributed by atoms with Crippen molar-refractivity contribution in [3.63, 3.8) is 0 Å². The van der Waals surface area contributed by atoms with Crippen LogP contribution in [0.25, 0.3) is 10.8 Å². The van der Waals surface area contributed by atoms with Crippen LogP contribution in [-0.2, 0) is 17.7 Å². The first-order valence-corrected chi connectivity index (χ1v) is 9.29. The first-order chi connectivity index (χ1) is 13.5. The second kappa shape index (κ2) is 8.69. The summed E-state index contributed by atoms with van der Waals surface area (Å²) in [5.74, 6) is 0.483. The highest BCUT2D eigenvalue weighted by Crippen LogP contribution is 2.16.